The summed E-state index contributed by atoms with van der Waals surface area (Å²) in [5.41, 5.74) is 1.08. The Morgan fingerprint density at radius 1 is 1.44 bits per heavy atom. The molecular formula is C8H9N5O2S. The van der Waals surface area contributed by atoms with Gasteiger partial charge in [0.05, 0.1) is 11.1 Å². The van der Waals surface area contributed by atoms with Crippen LogP contribution in [0.4, 0.5) is 0 Å². The fourth-order valence-corrected chi connectivity index (χ4v) is 2.22. The van der Waals surface area contributed by atoms with E-state index in [1.807, 2.05) is 0 Å². The smallest absolute Gasteiger partial charge is 0.238 e. The zero-order chi connectivity index (χ0) is 11.8. The monoisotopic (exact) mass is 239 g/mol. The van der Waals surface area contributed by atoms with Gasteiger partial charge >= 0.3 is 0 Å². The molecule has 1 aliphatic carbocycles. The average molecular weight is 239 g/mol. The normalized spacial score (nSPS) is 16.9. The van der Waals surface area contributed by atoms with Crippen LogP contribution >= 0.6 is 0 Å². The van der Waals surface area contributed by atoms with Crippen LogP contribution in [0.2, 0.25) is 0 Å². The summed E-state index contributed by atoms with van der Waals surface area (Å²) in [6.07, 6.45) is 4.29. The van der Waals surface area contributed by atoms with Crippen LogP contribution in [0.3, 0.4) is 0 Å². The van der Waals surface area contributed by atoms with E-state index >= 15 is 0 Å². The number of nitrogens with one attached hydrogen (secondary N) is 2. The third kappa shape index (κ3) is 1.92. The quantitative estimate of drug-likeness (QED) is 0.659. The predicted octanol–water partition coefficient (Wildman–Crippen LogP) is -0.216. The molecule has 4 N–H and O–H groups in total. The molecule has 0 radical (unpaired) electrons. The van der Waals surface area contributed by atoms with Crippen molar-refractivity contribution in [1.29, 1.82) is 5.41 Å². The highest BCUT2D eigenvalue weighted by Gasteiger charge is 2.22. The van der Waals surface area contributed by atoms with E-state index in [2.05, 4.69) is 15.4 Å². The van der Waals surface area contributed by atoms with Crippen molar-refractivity contribution in [3.63, 3.8) is 0 Å². The van der Waals surface area contributed by atoms with Gasteiger partial charge in [-0.2, -0.15) is 15.4 Å². The molecule has 1 aromatic rings. The standard InChI is InChI=1S/C8H9N5O2S/c9-5-1-2-8(16(10,14)15)6(3-5)7-4-11-13-12-7/h1-2,4,9H,3H2,(H2,10,14,15)(H,11,12,13). The number of rotatable bonds is 2. The van der Waals surface area contributed by atoms with E-state index in [1.165, 1.54) is 18.3 Å². The van der Waals surface area contributed by atoms with E-state index in [1.54, 1.807) is 0 Å². The van der Waals surface area contributed by atoms with E-state index in [9.17, 15) is 8.42 Å². The van der Waals surface area contributed by atoms with Crippen molar-refractivity contribution in [3.05, 3.63) is 28.9 Å². The van der Waals surface area contributed by atoms with Crippen LogP contribution in [0.25, 0.3) is 5.57 Å². The first kappa shape index (κ1) is 10.7. The maximum Gasteiger partial charge on any atom is 0.238 e. The fourth-order valence-electron chi connectivity index (χ4n) is 1.44. The van der Waals surface area contributed by atoms with Crippen LogP contribution in [0.15, 0.2) is 23.3 Å². The molecule has 0 fully saturated rings. The summed E-state index contributed by atoms with van der Waals surface area (Å²) < 4.78 is 22.7. The number of allylic oxidation sites excluding steroid dienone is 3. The van der Waals surface area contributed by atoms with Crippen molar-refractivity contribution in [2.75, 3.05) is 0 Å². The number of nitrogens with zero attached hydrogens (tertiary/aromatic N) is 2. The zero-order valence-electron chi connectivity index (χ0n) is 8.14. The molecule has 7 nitrogen and oxygen atoms in total. The van der Waals surface area contributed by atoms with Gasteiger partial charge in [-0.25, -0.2) is 13.6 Å². The summed E-state index contributed by atoms with van der Waals surface area (Å²) >= 11 is 0. The van der Waals surface area contributed by atoms with Crippen molar-refractivity contribution in [1.82, 2.24) is 15.4 Å². The molecular weight excluding hydrogens is 230 g/mol. The van der Waals surface area contributed by atoms with E-state index in [4.69, 9.17) is 10.5 Å². The lowest BCUT2D eigenvalue weighted by Crippen LogP contribution is -2.18. The van der Waals surface area contributed by atoms with Crippen LogP contribution in [0.1, 0.15) is 12.1 Å². The second-order valence-electron chi connectivity index (χ2n) is 3.28. The third-order valence-corrected chi connectivity index (χ3v) is 3.13. The highest BCUT2D eigenvalue weighted by Crippen LogP contribution is 2.27. The van der Waals surface area contributed by atoms with Gasteiger partial charge in [-0.05, 0) is 12.2 Å². The number of aromatic amines is 1. The first-order valence-corrected chi connectivity index (χ1v) is 5.90. The molecule has 84 valence electrons. The predicted molar refractivity (Wildman–Crippen MR) is 57.9 cm³/mol. The fraction of sp³-hybridized carbons (Fsp3) is 0.125. The van der Waals surface area contributed by atoms with E-state index in [0.29, 0.717) is 17.0 Å². The molecule has 0 amide bonds. The molecule has 2 rings (SSSR count). The highest BCUT2D eigenvalue weighted by molar-refractivity contribution is 7.93. The second-order valence-corrected chi connectivity index (χ2v) is 4.81. The molecule has 1 heterocycles. The first-order chi connectivity index (χ1) is 7.48. The number of aromatic nitrogens is 3. The lowest BCUT2D eigenvalue weighted by Gasteiger charge is -2.12. The molecule has 0 bridgehead atoms. The summed E-state index contributed by atoms with van der Waals surface area (Å²) in [7, 11) is -3.81. The number of H-pyrrole nitrogens is 1. The molecule has 0 spiro atoms. The SMILES string of the molecule is N=C1C=CC(S(N)(=O)=O)=C(c2cn[nH]n2)C1. The number of hydrogen-bond acceptors (Lipinski definition) is 5. The van der Waals surface area contributed by atoms with Gasteiger partial charge in [0.1, 0.15) is 5.69 Å². The maximum absolute atomic E-state index is 11.3. The molecule has 0 unspecified atom stereocenters. The number of hydrogen-bond donors (Lipinski definition) is 3. The maximum atomic E-state index is 11.3. The minimum atomic E-state index is -3.81. The Morgan fingerprint density at radius 2 is 2.19 bits per heavy atom. The lowest BCUT2D eigenvalue weighted by atomic mass is 10.0. The Bertz CT molecular complexity index is 582. The van der Waals surface area contributed by atoms with Gasteiger partial charge in [0.15, 0.2) is 0 Å². The Kier molecular flexibility index (Phi) is 2.44. The van der Waals surface area contributed by atoms with Crippen LogP contribution in [0, 0.1) is 5.41 Å². The minimum Gasteiger partial charge on any atom is -0.305 e. The van der Waals surface area contributed by atoms with Gasteiger partial charge in [0, 0.05) is 17.7 Å². The van der Waals surface area contributed by atoms with E-state index in [0.717, 1.165) is 0 Å². The molecule has 1 aromatic heterocycles. The summed E-state index contributed by atoms with van der Waals surface area (Å²) in [5, 5.41) is 22.4. The van der Waals surface area contributed by atoms with Crippen LogP contribution in [-0.4, -0.2) is 29.5 Å². The summed E-state index contributed by atoms with van der Waals surface area (Å²) in [6, 6.07) is 0. The van der Waals surface area contributed by atoms with Gasteiger partial charge in [0.2, 0.25) is 10.0 Å². The molecule has 0 atom stereocenters. The summed E-state index contributed by atoms with van der Waals surface area (Å²) in [5.74, 6) is 0. The minimum absolute atomic E-state index is 0.0163. The molecule has 0 aromatic carbocycles. The topological polar surface area (TPSA) is 126 Å². The Morgan fingerprint density at radius 3 is 2.75 bits per heavy atom. The molecule has 8 heteroatoms. The van der Waals surface area contributed by atoms with Gasteiger partial charge in [-0.3, -0.25) is 0 Å². The van der Waals surface area contributed by atoms with Crippen molar-refractivity contribution in [2.24, 2.45) is 5.14 Å². The van der Waals surface area contributed by atoms with Gasteiger partial charge in [-0.1, -0.05) is 0 Å². The third-order valence-electron chi connectivity index (χ3n) is 2.13. The van der Waals surface area contributed by atoms with Gasteiger partial charge < -0.3 is 5.41 Å². The molecule has 0 aliphatic heterocycles. The number of sulfonamides is 1. The summed E-state index contributed by atoms with van der Waals surface area (Å²) in [4.78, 5) is -0.0163. The van der Waals surface area contributed by atoms with Crippen molar-refractivity contribution >= 4 is 21.3 Å². The number of primary sulfonamides is 1. The van der Waals surface area contributed by atoms with Crippen LogP contribution in [0.5, 0.6) is 0 Å². The largest absolute Gasteiger partial charge is 0.305 e. The highest BCUT2D eigenvalue weighted by atomic mass is 32.2. The van der Waals surface area contributed by atoms with Crippen molar-refractivity contribution < 1.29 is 8.42 Å². The first-order valence-electron chi connectivity index (χ1n) is 4.36. The Labute approximate surface area is 91.6 Å². The van der Waals surface area contributed by atoms with E-state index < -0.39 is 10.0 Å². The molecule has 0 saturated carbocycles. The molecule has 16 heavy (non-hydrogen) atoms. The number of nitrogens with two attached hydrogens (primary N) is 1. The van der Waals surface area contributed by atoms with Crippen LogP contribution in [-0.2, 0) is 10.0 Å². The Balaban J connectivity index is 2.63. The van der Waals surface area contributed by atoms with E-state index in [-0.39, 0.29) is 11.3 Å². The van der Waals surface area contributed by atoms with Crippen molar-refractivity contribution in [3.8, 4) is 0 Å². The molecule has 1 aliphatic rings. The molecule has 0 saturated heterocycles. The lowest BCUT2D eigenvalue weighted by molar-refractivity contribution is 0.604. The average Bonchev–Trinajstić information content (AvgIpc) is 2.68. The zero-order valence-corrected chi connectivity index (χ0v) is 8.95. The Hall–Kier alpha value is -1.80. The van der Waals surface area contributed by atoms with Crippen LogP contribution < -0.4 is 5.14 Å². The van der Waals surface area contributed by atoms with Gasteiger partial charge in [-0.15, -0.1) is 0 Å². The van der Waals surface area contributed by atoms with Crippen molar-refractivity contribution in [2.45, 2.75) is 6.42 Å². The second kappa shape index (κ2) is 3.65. The van der Waals surface area contributed by atoms with Gasteiger partial charge in [0.25, 0.3) is 0 Å². The summed E-state index contributed by atoms with van der Waals surface area (Å²) in [6.45, 7) is 0.